The van der Waals surface area contributed by atoms with Crippen molar-refractivity contribution in [2.75, 3.05) is 19.8 Å². The van der Waals surface area contributed by atoms with E-state index in [2.05, 4.69) is 47.9 Å². The lowest BCUT2D eigenvalue weighted by atomic mass is 10.1. The molecule has 3 atom stereocenters. The van der Waals surface area contributed by atoms with Gasteiger partial charge in [-0.3, -0.25) is 13.8 Å². The molecule has 5 N–H and O–H groups in total. The molecule has 0 heterocycles. The molecule has 0 fully saturated rings. The van der Waals surface area contributed by atoms with E-state index in [-0.39, 0.29) is 18.7 Å². The summed E-state index contributed by atoms with van der Waals surface area (Å²) in [4.78, 5) is 21.8. The highest BCUT2D eigenvalue weighted by Crippen LogP contribution is 2.44. The summed E-state index contributed by atoms with van der Waals surface area (Å²) >= 11 is 0. The average molecular weight is 502 g/mol. The van der Waals surface area contributed by atoms with E-state index in [1.165, 1.54) is 25.7 Å². The number of phosphoric ester groups is 1. The standard InChI is InChI=1S/C25H44NO7P/c1-2-3-4-5-6-7-8-9-10-11-12-13-14-15-16-17-18-19-24(29)25(20-26)33-34(30,31)32-22-23(28)21-27/h6-7,9-10,12-13,15-16,23,25,27-28H,2-5,8,11,14,17-22,26H2,1H3,(H,30,31)/b7-6-,10-9-,13-12-,16-15-. The largest absolute Gasteiger partial charge is 0.473 e. The molecular weight excluding hydrogens is 457 g/mol. The molecule has 0 saturated heterocycles. The van der Waals surface area contributed by atoms with E-state index in [1.54, 1.807) is 0 Å². The van der Waals surface area contributed by atoms with E-state index in [9.17, 15) is 14.3 Å². The highest BCUT2D eigenvalue weighted by molar-refractivity contribution is 7.47. The molecule has 9 heteroatoms. The minimum absolute atomic E-state index is 0.152. The van der Waals surface area contributed by atoms with E-state index in [4.69, 9.17) is 20.5 Å². The third-order valence-corrected chi connectivity index (χ3v) is 5.72. The summed E-state index contributed by atoms with van der Waals surface area (Å²) in [6.07, 6.45) is 23.6. The number of hydrogen-bond acceptors (Lipinski definition) is 7. The van der Waals surface area contributed by atoms with Crippen LogP contribution in [-0.2, 0) is 18.4 Å². The van der Waals surface area contributed by atoms with Crippen molar-refractivity contribution in [3.63, 3.8) is 0 Å². The lowest BCUT2D eigenvalue weighted by Gasteiger charge is -2.19. The quantitative estimate of drug-likeness (QED) is 0.0965. The van der Waals surface area contributed by atoms with Crippen molar-refractivity contribution in [1.82, 2.24) is 0 Å². The lowest BCUT2D eigenvalue weighted by molar-refractivity contribution is -0.126. The van der Waals surface area contributed by atoms with Gasteiger partial charge in [0.2, 0.25) is 0 Å². The van der Waals surface area contributed by atoms with Crippen LogP contribution in [0.1, 0.15) is 71.1 Å². The Kier molecular flexibility index (Phi) is 21.2. The van der Waals surface area contributed by atoms with E-state index in [0.717, 1.165) is 19.3 Å². The molecule has 0 aliphatic rings. The van der Waals surface area contributed by atoms with Crippen LogP contribution in [0, 0.1) is 0 Å². The van der Waals surface area contributed by atoms with Gasteiger partial charge in [0.15, 0.2) is 5.78 Å². The fourth-order valence-corrected chi connectivity index (χ4v) is 3.72. The first kappa shape index (κ1) is 32.6. The van der Waals surface area contributed by atoms with Gasteiger partial charge in [0.25, 0.3) is 0 Å². The van der Waals surface area contributed by atoms with E-state index >= 15 is 0 Å². The Morgan fingerprint density at radius 1 is 0.941 bits per heavy atom. The number of allylic oxidation sites excluding steroid dienone is 8. The molecule has 0 saturated carbocycles. The number of nitrogens with two attached hydrogens (primary N) is 1. The van der Waals surface area contributed by atoms with E-state index in [0.29, 0.717) is 12.8 Å². The normalized spacial score (nSPS) is 16.1. The van der Waals surface area contributed by atoms with Gasteiger partial charge >= 0.3 is 7.82 Å². The number of carbonyl (C=O) groups excluding carboxylic acids is 1. The molecule has 0 aromatic rings. The summed E-state index contributed by atoms with van der Waals surface area (Å²) < 4.78 is 21.2. The molecule has 0 aliphatic heterocycles. The Hall–Kier alpha value is -1.38. The zero-order valence-corrected chi connectivity index (χ0v) is 21.4. The molecule has 0 aliphatic carbocycles. The first-order chi connectivity index (χ1) is 16.4. The summed E-state index contributed by atoms with van der Waals surface area (Å²) in [6, 6.07) is 0. The number of hydrogen-bond donors (Lipinski definition) is 4. The number of aliphatic hydroxyl groups excluding tert-OH is 2. The Morgan fingerprint density at radius 2 is 1.47 bits per heavy atom. The molecule has 0 spiro atoms. The van der Waals surface area contributed by atoms with Gasteiger partial charge in [0, 0.05) is 13.0 Å². The molecule has 8 nitrogen and oxygen atoms in total. The SMILES string of the molecule is CCCCC/C=C\C/C=C\C/C=C\C/C=C\CCCC(=O)C(CN)OP(=O)(O)OCC(O)CO. The van der Waals surface area contributed by atoms with Crippen molar-refractivity contribution < 1.29 is 33.5 Å². The van der Waals surface area contributed by atoms with Gasteiger partial charge in [-0.05, 0) is 44.9 Å². The molecule has 196 valence electrons. The molecule has 34 heavy (non-hydrogen) atoms. The van der Waals surface area contributed by atoms with E-state index < -0.39 is 33.2 Å². The zero-order chi connectivity index (χ0) is 25.5. The summed E-state index contributed by atoms with van der Waals surface area (Å²) in [5, 5.41) is 17.9. The third-order valence-electron chi connectivity index (χ3n) is 4.73. The topological polar surface area (TPSA) is 139 Å². The van der Waals surface area contributed by atoms with Crippen LogP contribution in [-0.4, -0.2) is 52.9 Å². The molecule has 0 rings (SSSR count). The molecule has 0 aromatic carbocycles. The summed E-state index contributed by atoms with van der Waals surface area (Å²) in [5.41, 5.74) is 5.48. The van der Waals surface area contributed by atoms with Crippen LogP contribution in [0.3, 0.4) is 0 Å². The van der Waals surface area contributed by atoms with Crippen molar-refractivity contribution >= 4 is 13.6 Å². The van der Waals surface area contributed by atoms with Crippen molar-refractivity contribution in [1.29, 1.82) is 0 Å². The Morgan fingerprint density at radius 3 is 1.97 bits per heavy atom. The van der Waals surface area contributed by atoms with Gasteiger partial charge in [-0.1, -0.05) is 68.4 Å². The zero-order valence-electron chi connectivity index (χ0n) is 20.5. The second-order valence-electron chi connectivity index (χ2n) is 7.88. The fourth-order valence-electron chi connectivity index (χ4n) is 2.77. The predicted octanol–water partition coefficient (Wildman–Crippen LogP) is 4.52. The van der Waals surface area contributed by atoms with Crippen LogP contribution in [0.15, 0.2) is 48.6 Å². The summed E-state index contributed by atoms with van der Waals surface area (Å²) in [5.74, 6) is -0.390. The number of Topliss-reactive ketones (excluding diaryl/α,β-unsaturated/α-hetero) is 1. The number of rotatable bonds is 22. The number of unbranched alkanes of at least 4 members (excludes halogenated alkanes) is 4. The number of aliphatic hydroxyl groups is 2. The van der Waals surface area contributed by atoms with Gasteiger partial charge in [0.05, 0.1) is 13.2 Å². The third kappa shape index (κ3) is 20.0. The van der Waals surface area contributed by atoms with Crippen LogP contribution >= 0.6 is 7.82 Å². The highest BCUT2D eigenvalue weighted by atomic mass is 31.2. The summed E-state index contributed by atoms with van der Waals surface area (Å²) in [7, 11) is -4.57. The van der Waals surface area contributed by atoms with Crippen molar-refractivity contribution in [2.24, 2.45) is 5.73 Å². The first-order valence-electron chi connectivity index (χ1n) is 12.1. The van der Waals surface area contributed by atoms with Crippen LogP contribution in [0.5, 0.6) is 0 Å². The van der Waals surface area contributed by atoms with Gasteiger partial charge in [-0.25, -0.2) is 4.57 Å². The average Bonchev–Trinajstić information content (AvgIpc) is 2.82. The second-order valence-corrected chi connectivity index (χ2v) is 9.28. The van der Waals surface area contributed by atoms with Crippen molar-refractivity contribution in [2.45, 2.75) is 83.3 Å². The smallest absolute Gasteiger partial charge is 0.394 e. The van der Waals surface area contributed by atoms with Gasteiger partial charge in [-0.2, -0.15) is 0 Å². The van der Waals surface area contributed by atoms with Gasteiger partial charge in [0.1, 0.15) is 12.2 Å². The monoisotopic (exact) mass is 501 g/mol. The lowest BCUT2D eigenvalue weighted by Crippen LogP contribution is -2.32. The number of phosphoric acid groups is 1. The van der Waals surface area contributed by atoms with Crippen LogP contribution in [0.2, 0.25) is 0 Å². The molecule has 0 radical (unpaired) electrons. The molecule has 0 amide bonds. The van der Waals surface area contributed by atoms with Crippen molar-refractivity contribution in [3.8, 4) is 0 Å². The minimum Gasteiger partial charge on any atom is -0.394 e. The maximum atomic E-state index is 12.2. The molecular formula is C25H44NO7P. The fraction of sp³-hybridized carbons (Fsp3) is 0.640. The maximum absolute atomic E-state index is 12.2. The second kappa shape index (κ2) is 22.1. The molecule has 3 unspecified atom stereocenters. The van der Waals surface area contributed by atoms with E-state index in [1.807, 2.05) is 12.2 Å². The first-order valence-corrected chi connectivity index (χ1v) is 13.6. The van der Waals surface area contributed by atoms with Crippen LogP contribution in [0.4, 0.5) is 0 Å². The number of ketones is 1. The Labute approximate surface area is 204 Å². The van der Waals surface area contributed by atoms with Crippen LogP contribution in [0.25, 0.3) is 0 Å². The minimum atomic E-state index is -4.57. The Bertz CT molecular complexity index is 676. The number of carbonyl (C=O) groups is 1. The Balaban J connectivity index is 3.96. The van der Waals surface area contributed by atoms with Gasteiger partial charge in [-0.15, -0.1) is 0 Å². The maximum Gasteiger partial charge on any atom is 0.473 e. The van der Waals surface area contributed by atoms with Gasteiger partial charge < -0.3 is 20.8 Å². The highest BCUT2D eigenvalue weighted by Gasteiger charge is 2.30. The van der Waals surface area contributed by atoms with Crippen LogP contribution < -0.4 is 5.73 Å². The predicted molar refractivity (Wildman–Crippen MR) is 136 cm³/mol. The molecule has 0 aromatic heterocycles. The summed E-state index contributed by atoms with van der Waals surface area (Å²) in [6.45, 7) is 0.724. The van der Waals surface area contributed by atoms with Crippen molar-refractivity contribution in [3.05, 3.63) is 48.6 Å². The molecule has 0 bridgehead atoms.